The number of esters is 1. The Balaban J connectivity index is 2.87. The highest BCUT2D eigenvalue weighted by molar-refractivity contribution is 5.98. The third-order valence-electron chi connectivity index (χ3n) is 2.75. The molecule has 0 saturated heterocycles. The topological polar surface area (TPSA) is 52.6 Å². The van der Waals surface area contributed by atoms with Crippen molar-refractivity contribution >= 4 is 11.8 Å². The van der Waals surface area contributed by atoms with Gasteiger partial charge in [-0.05, 0) is 31.5 Å². The Morgan fingerprint density at radius 1 is 1.11 bits per heavy atom. The largest absolute Gasteiger partial charge is 0.494 e. The number of hydrogen-bond donors (Lipinski definition) is 0. The molecule has 0 saturated carbocycles. The lowest BCUT2D eigenvalue weighted by atomic mass is 10.1. The quantitative estimate of drug-likeness (QED) is 0.431. The molecule has 0 unspecified atom stereocenters. The second-order valence-electron chi connectivity index (χ2n) is 4.35. The maximum Gasteiger partial charge on any atom is 0.338 e. The van der Waals surface area contributed by atoms with Gasteiger partial charge in [0.2, 0.25) is 0 Å². The van der Waals surface area contributed by atoms with Gasteiger partial charge in [-0.1, -0.05) is 19.8 Å². The zero-order valence-corrected chi connectivity index (χ0v) is 11.7. The van der Waals surface area contributed by atoms with Crippen LogP contribution >= 0.6 is 0 Å². The number of ketones is 1. The lowest BCUT2D eigenvalue weighted by Crippen LogP contribution is -2.06. The zero-order valence-electron chi connectivity index (χ0n) is 11.7. The number of ether oxygens (including phenoxy) is 2. The van der Waals surface area contributed by atoms with Crippen molar-refractivity contribution in [3.8, 4) is 5.75 Å². The van der Waals surface area contributed by atoms with Crippen LogP contribution in [0.2, 0.25) is 0 Å². The van der Waals surface area contributed by atoms with Crippen LogP contribution in [-0.2, 0) is 4.74 Å². The molecule has 0 fully saturated rings. The first-order valence-electron chi connectivity index (χ1n) is 6.45. The highest BCUT2D eigenvalue weighted by atomic mass is 16.5. The SMILES string of the molecule is CCCCCOc1cc(C(C)=O)cc(C(=O)OC)c1. The Morgan fingerprint density at radius 3 is 2.37 bits per heavy atom. The Morgan fingerprint density at radius 2 is 1.79 bits per heavy atom. The first-order valence-corrected chi connectivity index (χ1v) is 6.45. The molecule has 1 aromatic carbocycles. The van der Waals surface area contributed by atoms with E-state index >= 15 is 0 Å². The highest BCUT2D eigenvalue weighted by Crippen LogP contribution is 2.19. The Kier molecular flexibility index (Phi) is 6.06. The van der Waals surface area contributed by atoms with E-state index in [4.69, 9.17) is 4.74 Å². The van der Waals surface area contributed by atoms with E-state index in [0.29, 0.717) is 23.5 Å². The molecule has 0 heterocycles. The lowest BCUT2D eigenvalue weighted by molar-refractivity contribution is 0.0600. The molecule has 104 valence electrons. The third kappa shape index (κ3) is 4.73. The summed E-state index contributed by atoms with van der Waals surface area (Å²) in [7, 11) is 1.31. The fourth-order valence-electron chi connectivity index (χ4n) is 1.66. The van der Waals surface area contributed by atoms with Crippen LogP contribution < -0.4 is 4.74 Å². The van der Waals surface area contributed by atoms with Crippen molar-refractivity contribution in [2.24, 2.45) is 0 Å². The molecule has 0 aromatic heterocycles. The molecule has 0 radical (unpaired) electrons. The predicted molar refractivity (Wildman–Crippen MR) is 72.8 cm³/mol. The van der Waals surface area contributed by atoms with Gasteiger partial charge >= 0.3 is 5.97 Å². The van der Waals surface area contributed by atoms with E-state index in [9.17, 15) is 9.59 Å². The Hall–Kier alpha value is -1.84. The standard InChI is InChI=1S/C15H20O4/c1-4-5-6-7-19-14-9-12(11(2)16)8-13(10-14)15(17)18-3/h8-10H,4-7H2,1-3H3. The number of carbonyl (C=O) groups excluding carboxylic acids is 2. The van der Waals surface area contributed by atoms with Gasteiger partial charge in [-0.15, -0.1) is 0 Å². The van der Waals surface area contributed by atoms with Crippen LogP contribution in [0, 0.1) is 0 Å². The summed E-state index contributed by atoms with van der Waals surface area (Å²) >= 11 is 0. The Bertz CT molecular complexity index is 451. The summed E-state index contributed by atoms with van der Waals surface area (Å²) in [5.41, 5.74) is 0.786. The molecule has 0 aliphatic carbocycles. The van der Waals surface area contributed by atoms with E-state index in [1.165, 1.54) is 20.1 Å². The zero-order chi connectivity index (χ0) is 14.3. The molecule has 19 heavy (non-hydrogen) atoms. The van der Waals surface area contributed by atoms with Crippen LogP contribution in [0.5, 0.6) is 5.75 Å². The maximum absolute atomic E-state index is 11.5. The number of Topliss-reactive ketones (excluding diaryl/α,β-unsaturated/α-hetero) is 1. The summed E-state index contributed by atoms with van der Waals surface area (Å²) in [6, 6.07) is 4.78. The van der Waals surface area contributed by atoms with E-state index in [-0.39, 0.29) is 5.78 Å². The number of unbranched alkanes of at least 4 members (excludes halogenated alkanes) is 2. The third-order valence-corrected chi connectivity index (χ3v) is 2.75. The Labute approximate surface area is 113 Å². The van der Waals surface area contributed by atoms with Gasteiger partial charge < -0.3 is 9.47 Å². The summed E-state index contributed by atoms with van der Waals surface area (Å²) in [6.45, 7) is 4.15. The first-order chi connectivity index (χ1) is 9.08. The van der Waals surface area contributed by atoms with Gasteiger partial charge in [0, 0.05) is 5.56 Å². The normalized spacial score (nSPS) is 10.1. The maximum atomic E-state index is 11.5. The van der Waals surface area contributed by atoms with Crippen molar-refractivity contribution in [1.29, 1.82) is 0 Å². The van der Waals surface area contributed by atoms with E-state index in [1.54, 1.807) is 12.1 Å². The molecule has 1 rings (SSSR count). The number of methoxy groups -OCH3 is 1. The predicted octanol–water partition coefficient (Wildman–Crippen LogP) is 3.24. The van der Waals surface area contributed by atoms with Gasteiger partial charge in [0.1, 0.15) is 5.75 Å². The van der Waals surface area contributed by atoms with Crippen molar-refractivity contribution in [2.75, 3.05) is 13.7 Å². The molecular formula is C15H20O4. The smallest absolute Gasteiger partial charge is 0.338 e. The van der Waals surface area contributed by atoms with Gasteiger partial charge in [0.15, 0.2) is 5.78 Å². The molecular weight excluding hydrogens is 244 g/mol. The molecule has 4 heteroatoms. The average Bonchev–Trinajstić information content (AvgIpc) is 2.42. The van der Waals surface area contributed by atoms with Crippen LogP contribution in [0.25, 0.3) is 0 Å². The summed E-state index contributed by atoms with van der Waals surface area (Å²) in [6.07, 6.45) is 3.16. The average molecular weight is 264 g/mol. The van der Waals surface area contributed by atoms with Gasteiger partial charge in [-0.25, -0.2) is 4.79 Å². The van der Waals surface area contributed by atoms with E-state index < -0.39 is 5.97 Å². The molecule has 0 aliphatic heterocycles. The van der Waals surface area contributed by atoms with Gasteiger partial charge in [-0.3, -0.25) is 4.79 Å². The second-order valence-corrected chi connectivity index (χ2v) is 4.35. The minimum absolute atomic E-state index is 0.107. The van der Waals surface area contributed by atoms with Gasteiger partial charge in [0.05, 0.1) is 19.3 Å². The second kappa shape index (κ2) is 7.56. The monoisotopic (exact) mass is 264 g/mol. The van der Waals surface area contributed by atoms with Crippen molar-refractivity contribution < 1.29 is 19.1 Å². The molecule has 1 aromatic rings. The molecule has 0 N–H and O–H groups in total. The fourth-order valence-corrected chi connectivity index (χ4v) is 1.66. The number of benzene rings is 1. The minimum atomic E-state index is -0.471. The summed E-state index contributed by atoms with van der Waals surface area (Å²) in [5.74, 6) is -0.0464. The molecule has 0 atom stereocenters. The van der Waals surface area contributed by atoms with Crippen molar-refractivity contribution in [2.45, 2.75) is 33.1 Å². The lowest BCUT2D eigenvalue weighted by Gasteiger charge is -2.09. The van der Waals surface area contributed by atoms with Crippen molar-refractivity contribution in [3.05, 3.63) is 29.3 Å². The van der Waals surface area contributed by atoms with E-state index in [0.717, 1.165) is 19.3 Å². The van der Waals surface area contributed by atoms with Gasteiger partial charge in [0.25, 0.3) is 0 Å². The number of hydrogen-bond acceptors (Lipinski definition) is 4. The fraction of sp³-hybridized carbons (Fsp3) is 0.467. The van der Waals surface area contributed by atoms with E-state index in [2.05, 4.69) is 11.7 Å². The van der Waals surface area contributed by atoms with Crippen LogP contribution in [0.4, 0.5) is 0 Å². The van der Waals surface area contributed by atoms with Crippen LogP contribution in [0.15, 0.2) is 18.2 Å². The van der Waals surface area contributed by atoms with Crippen molar-refractivity contribution in [3.63, 3.8) is 0 Å². The molecule has 0 amide bonds. The summed E-state index contributed by atoms with van der Waals surface area (Å²) in [4.78, 5) is 23.0. The van der Waals surface area contributed by atoms with Crippen molar-refractivity contribution in [1.82, 2.24) is 0 Å². The minimum Gasteiger partial charge on any atom is -0.494 e. The van der Waals surface area contributed by atoms with E-state index in [1.807, 2.05) is 0 Å². The summed E-state index contributed by atoms with van der Waals surface area (Å²) < 4.78 is 10.2. The molecule has 0 bridgehead atoms. The molecule has 0 spiro atoms. The van der Waals surface area contributed by atoms with Crippen LogP contribution in [-0.4, -0.2) is 25.5 Å². The van der Waals surface area contributed by atoms with Gasteiger partial charge in [-0.2, -0.15) is 0 Å². The first kappa shape index (κ1) is 15.2. The number of carbonyl (C=O) groups is 2. The molecule has 0 aliphatic rings. The van der Waals surface area contributed by atoms with Crippen LogP contribution in [0.1, 0.15) is 53.8 Å². The summed E-state index contributed by atoms with van der Waals surface area (Å²) in [5, 5.41) is 0. The molecule has 4 nitrogen and oxygen atoms in total. The van der Waals surface area contributed by atoms with Crippen LogP contribution in [0.3, 0.4) is 0 Å². The highest BCUT2D eigenvalue weighted by Gasteiger charge is 2.11. The number of rotatable bonds is 7.